The molecule has 1 aliphatic carbocycles. The summed E-state index contributed by atoms with van der Waals surface area (Å²) < 4.78 is 0. The van der Waals surface area contributed by atoms with Gasteiger partial charge in [0.25, 0.3) is 5.69 Å². The molecule has 0 aromatic heterocycles. The second kappa shape index (κ2) is 4.98. The number of para-hydroxylation sites is 1. The summed E-state index contributed by atoms with van der Waals surface area (Å²) in [6.45, 7) is 0. The van der Waals surface area contributed by atoms with Gasteiger partial charge in [-0.25, -0.2) is 0 Å². The van der Waals surface area contributed by atoms with Crippen LogP contribution in [0.15, 0.2) is 60.7 Å². The minimum Gasteiger partial charge on any atom is -0.372 e. The first kappa shape index (κ1) is 13.1. The van der Waals surface area contributed by atoms with Crippen molar-refractivity contribution in [1.82, 2.24) is 0 Å². The summed E-state index contributed by atoms with van der Waals surface area (Å²) in [5.41, 5.74) is 3.07. The molecule has 0 bridgehead atoms. The van der Waals surface area contributed by atoms with Gasteiger partial charge in [0.15, 0.2) is 0 Å². The highest BCUT2D eigenvalue weighted by molar-refractivity contribution is 5.71. The molecule has 0 saturated heterocycles. The van der Waals surface area contributed by atoms with Crippen LogP contribution in [0, 0.1) is 16.0 Å². The van der Waals surface area contributed by atoms with Crippen LogP contribution in [0.2, 0.25) is 0 Å². The van der Waals surface area contributed by atoms with Crippen molar-refractivity contribution in [3.05, 3.63) is 81.9 Å². The molecule has 0 fully saturated rings. The molecule has 0 spiro atoms. The van der Waals surface area contributed by atoms with Crippen LogP contribution in [0.3, 0.4) is 0 Å². The van der Waals surface area contributed by atoms with Crippen molar-refractivity contribution in [2.24, 2.45) is 5.92 Å². The number of hydrogen-bond acceptors (Lipinski definition) is 3. The van der Waals surface area contributed by atoms with E-state index in [-0.39, 0.29) is 22.6 Å². The van der Waals surface area contributed by atoms with Gasteiger partial charge in [0, 0.05) is 12.0 Å². The summed E-state index contributed by atoms with van der Waals surface area (Å²) >= 11 is 0. The van der Waals surface area contributed by atoms with Crippen LogP contribution in [0.25, 0.3) is 0 Å². The summed E-state index contributed by atoms with van der Waals surface area (Å²) in [7, 11) is 0. The largest absolute Gasteiger partial charge is 0.372 e. The van der Waals surface area contributed by atoms with E-state index >= 15 is 0 Å². The van der Waals surface area contributed by atoms with Gasteiger partial charge in [-0.2, -0.15) is 0 Å². The van der Waals surface area contributed by atoms with Gasteiger partial charge >= 0.3 is 0 Å². The molecular weight excluding hydrogens is 276 g/mol. The Hall–Kier alpha value is -2.62. The lowest BCUT2D eigenvalue weighted by Crippen LogP contribution is -2.29. The van der Waals surface area contributed by atoms with Crippen molar-refractivity contribution in [3.8, 4) is 0 Å². The molecule has 4 rings (SSSR count). The van der Waals surface area contributed by atoms with E-state index in [0.717, 1.165) is 12.0 Å². The Morgan fingerprint density at radius 2 is 1.91 bits per heavy atom. The third-order valence-corrected chi connectivity index (χ3v) is 4.73. The molecule has 0 radical (unpaired) electrons. The fourth-order valence-electron chi connectivity index (χ4n) is 3.75. The van der Waals surface area contributed by atoms with Gasteiger partial charge in [-0.05, 0) is 23.5 Å². The number of allylic oxidation sites excluding steroid dienone is 2. The average Bonchev–Trinajstić information content (AvgIpc) is 3.04. The van der Waals surface area contributed by atoms with E-state index in [0.29, 0.717) is 11.6 Å². The predicted molar refractivity (Wildman–Crippen MR) is 85.9 cm³/mol. The lowest BCUT2D eigenvalue weighted by atomic mass is 9.77. The smallest absolute Gasteiger partial charge is 0.292 e. The highest BCUT2D eigenvalue weighted by Gasteiger charge is 2.40. The molecule has 0 saturated carbocycles. The van der Waals surface area contributed by atoms with Crippen LogP contribution in [-0.2, 0) is 0 Å². The number of nitro benzene ring substituents is 1. The van der Waals surface area contributed by atoms with Crippen LogP contribution < -0.4 is 5.32 Å². The zero-order valence-corrected chi connectivity index (χ0v) is 12.0. The van der Waals surface area contributed by atoms with Crippen molar-refractivity contribution < 1.29 is 4.92 Å². The van der Waals surface area contributed by atoms with Crippen molar-refractivity contribution in [2.45, 2.75) is 18.4 Å². The zero-order valence-electron chi connectivity index (χ0n) is 12.0. The van der Waals surface area contributed by atoms with Gasteiger partial charge in [-0.3, -0.25) is 10.1 Å². The van der Waals surface area contributed by atoms with Crippen LogP contribution in [-0.4, -0.2) is 4.92 Å². The van der Waals surface area contributed by atoms with Crippen LogP contribution in [0.5, 0.6) is 0 Å². The van der Waals surface area contributed by atoms with Crippen molar-refractivity contribution in [1.29, 1.82) is 0 Å². The molecule has 2 aliphatic rings. The molecule has 22 heavy (non-hydrogen) atoms. The molecular formula is C18H16N2O2. The van der Waals surface area contributed by atoms with Crippen molar-refractivity contribution in [2.75, 3.05) is 5.32 Å². The van der Waals surface area contributed by atoms with E-state index in [1.165, 1.54) is 5.56 Å². The van der Waals surface area contributed by atoms with E-state index in [4.69, 9.17) is 0 Å². The molecule has 0 unspecified atom stereocenters. The minimum atomic E-state index is -0.299. The number of nitrogens with zero attached hydrogens (tertiary/aromatic N) is 1. The molecule has 4 heteroatoms. The number of nitrogens with one attached hydrogen (secondary N) is 1. The maximum Gasteiger partial charge on any atom is 0.292 e. The molecule has 1 N–H and O–H groups in total. The lowest BCUT2D eigenvalue weighted by Gasteiger charge is -2.37. The maximum absolute atomic E-state index is 11.4. The monoisotopic (exact) mass is 292 g/mol. The third kappa shape index (κ3) is 1.91. The fraction of sp³-hybridized carbons (Fsp3) is 0.222. The summed E-state index contributed by atoms with van der Waals surface area (Å²) in [4.78, 5) is 11.1. The number of benzene rings is 2. The average molecular weight is 292 g/mol. The SMILES string of the molecule is O=[N+]([O-])c1cccc2c1N[C@H](c1ccccc1)[C@H]1CC=C[C@H]21. The highest BCUT2D eigenvalue weighted by atomic mass is 16.6. The van der Waals surface area contributed by atoms with Gasteiger partial charge in [0.05, 0.1) is 11.0 Å². The van der Waals surface area contributed by atoms with Gasteiger partial charge < -0.3 is 5.32 Å². The van der Waals surface area contributed by atoms with Gasteiger partial charge in [-0.15, -0.1) is 0 Å². The number of fused-ring (bicyclic) bond motifs is 3. The lowest BCUT2D eigenvalue weighted by molar-refractivity contribution is -0.384. The van der Waals surface area contributed by atoms with E-state index < -0.39 is 0 Å². The summed E-state index contributed by atoms with van der Waals surface area (Å²) in [6, 6.07) is 15.7. The van der Waals surface area contributed by atoms with Crippen LogP contribution in [0.1, 0.15) is 29.5 Å². The van der Waals surface area contributed by atoms with E-state index in [1.54, 1.807) is 12.1 Å². The second-order valence-corrected chi connectivity index (χ2v) is 5.88. The highest BCUT2D eigenvalue weighted by Crippen LogP contribution is 2.51. The molecule has 4 nitrogen and oxygen atoms in total. The number of anilines is 1. The standard InChI is InChI=1S/C18H16N2O2/c21-20(22)16-11-5-10-15-13-8-4-9-14(13)17(19-18(15)16)12-6-2-1-3-7-12/h1-8,10-11,13-14,17,19H,9H2/t13-,14-,17+/m0/s1. The molecule has 2 aromatic rings. The first-order valence-corrected chi connectivity index (χ1v) is 7.51. The summed E-state index contributed by atoms with van der Waals surface area (Å²) in [5.74, 6) is 0.665. The Morgan fingerprint density at radius 3 is 2.68 bits per heavy atom. The first-order chi connectivity index (χ1) is 10.8. The number of hydrogen-bond donors (Lipinski definition) is 1. The molecule has 1 heterocycles. The maximum atomic E-state index is 11.4. The Kier molecular flexibility index (Phi) is 2.96. The second-order valence-electron chi connectivity index (χ2n) is 5.88. The van der Waals surface area contributed by atoms with E-state index in [2.05, 4.69) is 29.6 Å². The third-order valence-electron chi connectivity index (χ3n) is 4.73. The molecule has 0 amide bonds. The molecule has 110 valence electrons. The van der Waals surface area contributed by atoms with Crippen LogP contribution >= 0.6 is 0 Å². The topological polar surface area (TPSA) is 55.2 Å². The quantitative estimate of drug-likeness (QED) is 0.506. The molecule has 2 aromatic carbocycles. The van der Waals surface area contributed by atoms with E-state index in [9.17, 15) is 10.1 Å². The molecule has 3 atom stereocenters. The zero-order chi connectivity index (χ0) is 15.1. The van der Waals surface area contributed by atoms with Crippen LogP contribution in [0.4, 0.5) is 11.4 Å². The van der Waals surface area contributed by atoms with Crippen molar-refractivity contribution >= 4 is 11.4 Å². The van der Waals surface area contributed by atoms with Gasteiger partial charge in [-0.1, -0.05) is 54.6 Å². The minimum absolute atomic E-state index is 0.106. The molecule has 1 aliphatic heterocycles. The summed E-state index contributed by atoms with van der Waals surface area (Å²) in [5, 5.41) is 14.8. The normalized spacial score (nSPS) is 25.2. The fourth-order valence-corrected chi connectivity index (χ4v) is 3.75. The Balaban J connectivity index is 1.85. The first-order valence-electron chi connectivity index (χ1n) is 7.51. The van der Waals surface area contributed by atoms with Gasteiger partial charge in [0.2, 0.25) is 0 Å². The van der Waals surface area contributed by atoms with Gasteiger partial charge in [0.1, 0.15) is 5.69 Å². The Bertz CT molecular complexity index is 755. The predicted octanol–water partition coefficient (Wildman–Crippen LogP) is 4.42. The number of rotatable bonds is 2. The number of nitro groups is 1. The Morgan fingerprint density at radius 1 is 1.09 bits per heavy atom. The Labute approximate surface area is 128 Å². The van der Waals surface area contributed by atoms with E-state index in [1.807, 2.05) is 24.3 Å². The van der Waals surface area contributed by atoms with Crippen molar-refractivity contribution in [3.63, 3.8) is 0 Å². The summed E-state index contributed by atoms with van der Waals surface area (Å²) in [6.07, 6.45) is 5.39.